The van der Waals surface area contributed by atoms with Crippen molar-refractivity contribution < 1.29 is 9.47 Å². The van der Waals surface area contributed by atoms with Crippen LogP contribution in [0.15, 0.2) is 78.9 Å². The second kappa shape index (κ2) is 9.85. The smallest absolute Gasteiger partial charge is 0.185 e. The molecule has 0 heterocycles. The summed E-state index contributed by atoms with van der Waals surface area (Å²) in [5, 5.41) is 4.39. The number of ether oxygens (including phenoxy) is 2. The van der Waals surface area contributed by atoms with Crippen molar-refractivity contribution in [3.05, 3.63) is 78.9 Å². The fraction of sp³-hybridized carbons (Fsp3) is 0.308. The normalized spacial score (nSPS) is 12.1. The summed E-state index contributed by atoms with van der Waals surface area (Å²) in [6, 6.07) is 28.9. The summed E-state index contributed by atoms with van der Waals surface area (Å²) in [5.41, 5.74) is 0. The molecule has 0 unspecified atom stereocenters. The molecule has 0 saturated heterocycles. The van der Waals surface area contributed by atoms with Crippen molar-refractivity contribution in [1.82, 2.24) is 4.57 Å². The van der Waals surface area contributed by atoms with Gasteiger partial charge in [-0.25, -0.2) is 0 Å². The van der Waals surface area contributed by atoms with Crippen molar-refractivity contribution >= 4 is 30.9 Å². The Morgan fingerprint density at radius 2 is 1.03 bits per heavy atom. The first-order valence-electron chi connectivity index (χ1n) is 11.0. The maximum absolute atomic E-state index is 5.50. The van der Waals surface area contributed by atoms with Crippen LogP contribution in [-0.4, -0.2) is 47.2 Å². The number of methoxy groups -OCH3 is 2. The van der Waals surface area contributed by atoms with E-state index in [0.29, 0.717) is 0 Å². The lowest BCUT2D eigenvalue weighted by atomic mass is 10.3. The summed E-state index contributed by atoms with van der Waals surface area (Å²) in [7, 11) is -0.909. The SMILES string of the molecule is CCN(CC)[Si](c1ccc(OC)cc1)(c1ccc(OC)cc1)[Si](C)(C)c1ccccc1. The number of hydrogen-bond donors (Lipinski definition) is 0. The Hall–Kier alpha value is -2.35. The average Bonchev–Trinajstić information content (AvgIpc) is 2.83. The third-order valence-corrected chi connectivity index (χ3v) is 23.1. The molecule has 0 saturated carbocycles. The Kier molecular flexibility index (Phi) is 7.41. The largest absolute Gasteiger partial charge is 0.497 e. The van der Waals surface area contributed by atoms with Gasteiger partial charge in [0, 0.05) is 0 Å². The standard InChI is InChI=1S/C26H35NO2Si2/c1-7-27(8-2)31(25-18-14-22(28-3)15-19-25,26-20-16-23(29-4)17-21-26)30(5,6)24-12-10-9-11-13-24/h9-21H,7-8H2,1-6H3. The maximum atomic E-state index is 5.50. The predicted molar refractivity (Wildman–Crippen MR) is 137 cm³/mol. The third kappa shape index (κ3) is 4.10. The van der Waals surface area contributed by atoms with E-state index in [9.17, 15) is 0 Å². The molecule has 0 radical (unpaired) electrons. The molecule has 31 heavy (non-hydrogen) atoms. The molecule has 0 N–H and O–H groups in total. The van der Waals surface area contributed by atoms with E-state index in [1.165, 1.54) is 15.6 Å². The average molecular weight is 450 g/mol. The molecule has 0 atom stereocenters. The van der Waals surface area contributed by atoms with E-state index in [4.69, 9.17) is 9.47 Å². The highest BCUT2D eigenvalue weighted by Crippen LogP contribution is 2.26. The second-order valence-electron chi connectivity index (χ2n) is 8.33. The highest BCUT2D eigenvalue weighted by atomic mass is 29.3. The summed E-state index contributed by atoms with van der Waals surface area (Å²) in [5.74, 6) is 1.81. The van der Waals surface area contributed by atoms with Gasteiger partial charge in [-0.15, -0.1) is 0 Å². The van der Waals surface area contributed by atoms with Gasteiger partial charge in [0.25, 0.3) is 0 Å². The van der Waals surface area contributed by atoms with Crippen LogP contribution >= 0.6 is 0 Å². The van der Waals surface area contributed by atoms with Crippen molar-refractivity contribution in [3.63, 3.8) is 0 Å². The zero-order valence-electron chi connectivity index (χ0n) is 19.7. The number of rotatable bonds is 9. The molecule has 3 nitrogen and oxygen atoms in total. The lowest BCUT2D eigenvalue weighted by Gasteiger charge is -2.51. The van der Waals surface area contributed by atoms with E-state index in [-0.39, 0.29) is 0 Å². The minimum atomic E-state index is -2.36. The molecular weight excluding hydrogens is 414 g/mol. The zero-order valence-corrected chi connectivity index (χ0v) is 21.7. The van der Waals surface area contributed by atoms with Gasteiger partial charge in [-0.2, -0.15) is 0 Å². The summed E-state index contributed by atoms with van der Waals surface area (Å²) >= 11 is 0. The molecule has 0 aliphatic rings. The van der Waals surface area contributed by atoms with Crippen LogP contribution in [0.4, 0.5) is 0 Å². The minimum absolute atomic E-state index is 0.903. The fourth-order valence-corrected chi connectivity index (χ4v) is 22.5. The Balaban J connectivity index is 2.39. The van der Waals surface area contributed by atoms with Crippen LogP contribution in [0.2, 0.25) is 13.1 Å². The van der Waals surface area contributed by atoms with Gasteiger partial charge >= 0.3 is 0 Å². The molecule has 3 aromatic rings. The van der Waals surface area contributed by atoms with Crippen molar-refractivity contribution in [3.8, 4) is 11.5 Å². The van der Waals surface area contributed by atoms with E-state index in [0.717, 1.165) is 24.6 Å². The van der Waals surface area contributed by atoms with Gasteiger partial charge in [0.15, 0.2) is 7.75 Å². The highest BCUT2D eigenvalue weighted by molar-refractivity contribution is 7.54. The molecule has 0 spiro atoms. The van der Waals surface area contributed by atoms with Crippen molar-refractivity contribution in [2.75, 3.05) is 27.3 Å². The molecule has 0 amide bonds. The number of nitrogens with zero attached hydrogens (tertiary/aromatic N) is 1. The molecule has 0 fully saturated rings. The van der Waals surface area contributed by atoms with Gasteiger partial charge in [0.1, 0.15) is 19.1 Å². The molecule has 164 valence electrons. The van der Waals surface area contributed by atoms with Crippen LogP contribution < -0.4 is 25.0 Å². The molecular formula is C26H35NO2Si2. The Bertz CT molecular complexity index is 905. The van der Waals surface area contributed by atoms with Crippen molar-refractivity contribution in [1.29, 1.82) is 0 Å². The van der Waals surface area contributed by atoms with Crippen LogP contribution in [0, 0.1) is 0 Å². The molecule has 5 heteroatoms. The van der Waals surface area contributed by atoms with Gasteiger partial charge < -0.3 is 14.0 Å². The van der Waals surface area contributed by atoms with E-state index < -0.39 is 15.3 Å². The monoisotopic (exact) mass is 449 g/mol. The highest BCUT2D eigenvalue weighted by Gasteiger charge is 2.56. The Morgan fingerprint density at radius 1 is 0.613 bits per heavy atom. The third-order valence-electron chi connectivity index (χ3n) is 6.65. The van der Waals surface area contributed by atoms with E-state index >= 15 is 0 Å². The lowest BCUT2D eigenvalue weighted by molar-refractivity contribution is 0.415. The molecule has 0 aromatic heterocycles. The first kappa shape index (κ1) is 23.3. The summed E-state index contributed by atoms with van der Waals surface area (Å²) < 4.78 is 13.8. The molecule has 0 bridgehead atoms. The topological polar surface area (TPSA) is 21.7 Å². The van der Waals surface area contributed by atoms with E-state index in [1.807, 2.05) is 0 Å². The summed E-state index contributed by atoms with van der Waals surface area (Å²) in [4.78, 5) is 0. The van der Waals surface area contributed by atoms with E-state index in [2.05, 4.69) is 110 Å². The molecule has 3 aromatic carbocycles. The summed E-state index contributed by atoms with van der Waals surface area (Å²) in [6.07, 6.45) is 0. The minimum Gasteiger partial charge on any atom is -0.497 e. The van der Waals surface area contributed by atoms with Gasteiger partial charge in [0.05, 0.1) is 14.2 Å². The first-order chi connectivity index (χ1) is 14.9. The predicted octanol–water partition coefficient (Wildman–Crippen LogP) is 3.80. The Morgan fingerprint density at radius 3 is 1.39 bits per heavy atom. The first-order valence-corrected chi connectivity index (χ1v) is 17.0. The number of benzene rings is 3. The van der Waals surface area contributed by atoms with Gasteiger partial charge in [0.2, 0.25) is 0 Å². The zero-order chi connectivity index (χ0) is 22.5. The van der Waals surface area contributed by atoms with Crippen LogP contribution in [0.5, 0.6) is 11.5 Å². The van der Waals surface area contributed by atoms with Gasteiger partial charge in [-0.3, -0.25) is 0 Å². The van der Waals surface area contributed by atoms with Gasteiger partial charge in [-0.05, 0) is 47.7 Å². The molecule has 0 aliphatic heterocycles. The van der Waals surface area contributed by atoms with Crippen LogP contribution in [0.1, 0.15) is 13.8 Å². The van der Waals surface area contributed by atoms with Crippen molar-refractivity contribution in [2.45, 2.75) is 26.9 Å². The molecule has 0 aliphatic carbocycles. The van der Waals surface area contributed by atoms with Crippen LogP contribution in [0.25, 0.3) is 0 Å². The van der Waals surface area contributed by atoms with Gasteiger partial charge in [-0.1, -0.05) is 86.7 Å². The van der Waals surface area contributed by atoms with E-state index in [1.54, 1.807) is 14.2 Å². The quantitative estimate of drug-likeness (QED) is 0.464. The number of hydrogen-bond acceptors (Lipinski definition) is 3. The van der Waals surface area contributed by atoms with Crippen LogP contribution in [0.3, 0.4) is 0 Å². The lowest BCUT2D eigenvalue weighted by Crippen LogP contribution is -2.85. The fourth-order valence-electron chi connectivity index (χ4n) is 5.07. The maximum Gasteiger partial charge on any atom is 0.185 e. The second-order valence-corrected chi connectivity index (χ2v) is 21.3. The summed E-state index contributed by atoms with van der Waals surface area (Å²) in [6.45, 7) is 11.7. The molecule has 3 rings (SSSR count). The van der Waals surface area contributed by atoms with Crippen LogP contribution in [-0.2, 0) is 0 Å². The van der Waals surface area contributed by atoms with Crippen molar-refractivity contribution in [2.24, 2.45) is 0 Å². The Labute approximate surface area is 189 Å².